The molecule has 0 unspecified atom stereocenters. The van der Waals surface area contributed by atoms with Crippen molar-refractivity contribution < 1.29 is 22.4 Å². The van der Waals surface area contributed by atoms with Crippen molar-refractivity contribution in [3.63, 3.8) is 0 Å². The normalized spacial score (nSPS) is 12.0. The largest absolute Gasteiger partial charge is 0.354 e. The molecule has 3 aromatic rings. The van der Waals surface area contributed by atoms with Gasteiger partial charge in [0.15, 0.2) is 0 Å². The van der Waals surface area contributed by atoms with Gasteiger partial charge in [-0.3, -0.25) is 13.9 Å². The van der Waals surface area contributed by atoms with E-state index in [1.165, 1.54) is 17.0 Å². The van der Waals surface area contributed by atoms with Gasteiger partial charge in [-0.05, 0) is 74.7 Å². The van der Waals surface area contributed by atoms with Crippen LogP contribution in [0.2, 0.25) is 0 Å². The zero-order valence-electron chi connectivity index (χ0n) is 22.9. The van der Waals surface area contributed by atoms with Crippen molar-refractivity contribution in [1.29, 1.82) is 0 Å². The van der Waals surface area contributed by atoms with Gasteiger partial charge in [-0.1, -0.05) is 55.3 Å². The molecule has 0 heterocycles. The van der Waals surface area contributed by atoms with E-state index in [9.17, 15) is 22.4 Å². The molecule has 0 saturated carbocycles. The fourth-order valence-corrected chi connectivity index (χ4v) is 5.48. The van der Waals surface area contributed by atoms with Gasteiger partial charge in [-0.15, -0.1) is 0 Å². The first-order chi connectivity index (χ1) is 18.5. The summed E-state index contributed by atoms with van der Waals surface area (Å²) in [5, 5.41) is 2.87. The second kappa shape index (κ2) is 13.4. The van der Waals surface area contributed by atoms with Gasteiger partial charge in [0.2, 0.25) is 11.8 Å². The van der Waals surface area contributed by atoms with E-state index < -0.39 is 34.3 Å². The molecule has 7 nitrogen and oxygen atoms in total. The average Bonchev–Trinajstić information content (AvgIpc) is 2.91. The summed E-state index contributed by atoms with van der Waals surface area (Å²) in [7, 11) is -4.24. The van der Waals surface area contributed by atoms with Gasteiger partial charge in [0, 0.05) is 13.1 Å². The number of hydrogen-bond donors (Lipinski definition) is 1. The maximum Gasteiger partial charge on any atom is 0.264 e. The number of aryl methyl sites for hydroxylation is 2. The first-order valence-electron chi connectivity index (χ1n) is 13.0. The zero-order chi connectivity index (χ0) is 28.6. The number of nitrogens with zero attached hydrogens (tertiary/aromatic N) is 2. The Labute approximate surface area is 230 Å². The van der Waals surface area contributed by atoms with Crippen LogP contribution in [0.3, 0.4) is 0 Å². The van der Waals surface area contributed by atoms with E-state index in [1.54, 1.807) is 31.2 Å². The second-order valence-corrected chi connectivity index (χ2v) is 11.4. The highest BCUT2D eigenvalue weighted by atomic mass is 32.2. The van der Waals surface area contributed by atoms with Crippen LogP contribution < -0.4 is 9.62 Å². The first-order valence-corrected chi connectivity index (χ1v) is 14.4. The van der Waals surface area contributed by atoms with E-state index in [2.05, 4.69) is 5.32 Å². The number of nitrogens with one attached hydrogen (secondary N) is 1. The van der Waals surface area contributed by atoms with E-state index >= 15 is 0 Å². The monoisotopic (exact) mass is 553 g/mol. The SMILES string of the molecule is CCCCNC(=O)[C@@H](C)N(Cc1ccccc1C)C(=O)CN(c1ccc(C)cc1)S(=O)(=O)c1ccc(F)cc1. The number of halogens is 1. The molecule has 0 aromatic heterocycles. The molecule has 1 N–H and O–H groups in total. The van der Waals surface area contributed by atoms with Crippen LogP contribution in [0.5, 0.6) is 0 Å². The van der Waals surface area contributed by atoms with Crippen molar-refractivity contribution in [2.45, 2.75) is 58.0 Å². The summed E-state index contributed by atoms with van der Waals surface area (Å²) in [4.78, 5) is 28.2. The fourth-order valence-electron chi connectivity index (χ4n) is 4.06. The lowest BCUT2D eigenvalue weighted by Gasteiger charge is -2.32. The highest BCUT2D eigenvalue weighted by Crippen LogP contribution is 2.25. The number of carbonyl (C=O) groups is 2. The Morgan fingerprint density at radius 2 is 1.59 bits per heavy atom. The third-order valence-electron chi connectivity index (χ3n) is 6.60. The Balaban J connectivity index is 2.00. The van der Waals surface area contributed by atoms with Gasteiger partial charge in [0.05, 0.1) is 10.6 Å². The summed E-state index contributed by atoms with van der Waals surface area (Å²) in [6.07, 6.45) is 1.72. The molecular weight excluding hydrogens is 517 g/mol. The molecule has 0 aliphatic heterocycles. The van der Waals surface area contributed by atoms with E-state index in [1.807, 2.05) is 45.0 Å². The van der Waals surface area contributed by atoms with Gasteiger partial charge >= 0.3 is 0 Å². The number of sulfonamides is 1. The van der Waals surface area contributed by atoms with Crippen molar-refractivity contribution in [3.05, 3.63) is 95.3 Å². The minimum Gasteiger partial charge on any atom is -0.354 e. The lowest BCUT2D eigenvalue weighted by Crippen LogP contribution is -2.51. The van der Waals surface area contributed by atoms with Crippen LogP contribution in [-0.4, -0.2) is 44.3 Å². The predicted octanol–water partition coefficient (Wildman–Crippen LogP) is 4.97. The van der Waals surface area contributed by atoms with Gasteiger partial charge in [0.25, 0.3) is 10.0 Å². The predicted molar refractivity (Wildman–Crippen MR) is 151 cm³/mol. The van der Waals surface area contributed by atoms with Crippen LogP contribution in [0, 0.1) is 19.7 Å². The Morgan fingerprint density at radius 1 is 0.949 bits per heavy atom. The smallest absolute Gasteiger partial charge is 0.264 e. The molecule has 9 heteroatoms. The van der Waals surface area contributed by atoms with Crippen LogP contribution in [0.1, 0.15) is 43.4 Å². The third kappa shape index (κ3) is 7.66. The van der Waals surface area contributed by atoms with Crippen LogP contribution in [-0.2, 0) is 26.2 Å². The number of amides is 2. The maximum atomic E-state index is 13.9. The van der Waals surface area contributed by atoms with E-state index in [0.29, 0.717) is 6.54 Å². The fraction of sp³-hybridized carbons (Fsp3) is 0.333. The number of benzene rings is 3. The minimum atomic E-state index is -4.24. The van der Waals surface area contributed by atoms with Crippen molar-refractivity contribution in [1.82, 2.24) is 10.2 Å². The van der Waals surface area contributed by atoms with Gasteiger partial charge in [-0.2, -0.15) is 0 Å². The molecule has 0 aliphatic carbocycles. The maximum absolute atomic E-state index is 13.9. The van der Waals surface area contributed by atoms with E-state index in [0.717, 1.165) is 46.0 Å². The van der Waals surface area contributed by atoms with Crippen LogP contribution in [0.25, 0.3) is 0 Å². The molecule has 0 radical (unpaired) electrons. The number of rotatable bonds is 12. The van der Waals surface area contributed by atoms with E-state index in [-0.39, 0.29) is 23.0 Å². The Kier molecular flexibility index (Phi) is 10.2. The number of unbranched alkanes of at least 4 members (excludes halogenated alkanes) is 1. The molecule has 0 aliphatic rings. The summed E-state index contributed by atoms with van der Waals surface area (Å²) in [6, 6.07) is 17.9. The zero-order valence-corrected chi connectivity index (χ0v) is 23.7. The molecule has 0 fully saturated rings. The second-order valence-electron chi connectivity index (χ2n) is 9.57. The number of anilines is 1. The Bertz CT molecular complexity index is 1380. The molecule has 2 amide bonds. The van der Waals surface area contributed by atoms with Gasteiger partial charge < -0.3 is 10.2 Å². The summed E-state index contributed by atoms with van der Waals surface area (Å²) in [6.45, 7) is 7.53. The molecule has 0 bridgehead atoms. The number of carbonyl (C=O) groups excluding carboxylic acids is 2. The molecule has 0 saturated heterocycles. The highest BCUT2D eigenvalue weighted by molar-refractivity contribution is 7.92. The summed E-state index contributed by atoms with van der Waals surface area (Å²) in [5.41, 5.74) is 3.00. The van der Waals surface area contributed by atoms with Crippen LogP contribution in [0.15, 0.2) is 77.7 Å². The molecule has 0 spiro atoms. The molecule has 3 aromatic carbocycles. The highest BCUT2D eigenvalue weighted by Gasteiger charge is 2.32. The molecule has 208 valence electrons. The average molecular weight is 554 g/mol. The third-order valence-corrected chi connectivity index (χ3v) is 8.39. The van der Waals surface area contributed by atoms with Crippen molar-refractivity contribution >= 4 is 27.5 Å². The standard InChI is InChI=1S/C30H36FN3O4S/c1-5-6-19-32-30(36)24(4)33(20-25-10-8-7-9-23(25)3)29(35)21-34(27-15-11-22(2)12-16-27)39(37,38)28-17-13-26(31)14-18-28/h7-18,24H,5-6,19-21H2,1-4H3,(H,32,36)/t24-/m1/s1. The van der Waals surface area contributed by atoms with Gasteiger partial charge in [0.1, 0.15) is 18.4 Å². The summed E-state index contributed by atoms with van der Waals surface area (Å²) < 4.78 is 42.0. The lowest BCUT2D eigenvalue weighted by molar-refractivity contribution is -0.139. The topological polar surface area (TPSA) is 86.8 Å². The van der Waals surface area contributed by atoms with Crippen molar-refractivity contribution in [2.75, 3.05) is 17.4 Å². The number of hydrogen-bond acceptors (Lipinski definition) is 4. The Morgan fingerprint density at radius 3 is 2.21 bits per heavy atom. The quantitative estimate of drug-likeness (QED) is 0.321. The molecule has 1 atom stereocenters. The van der Waals surface area contributed by atoms with Crippen molar-refractivity contribution in [3.8, 4) is 0 Å². The molecular formula is C30H36FN3O4S. The summed E-state index contributed by atoms with van der Waals surface area (Å²) in [5.74, 6) is -1.42. The van der Waals surface area contributed by atoms with E-state index in [4.69, 9.17) is 0 Å². The minimum absolute atomic E-state index is 0.131. The van der Waals surface area contributed by atoms with Gasteiger partial charge in [-0.25, -0.2) is 12.8 Å². The molecule has 3 rings (SSSR count). The summed E-state index contributed by atoms with van der Waals surface area (Å²) >= 11 is 0. The van der Waals surface area contributed by atoms with Crippen LogP contribution in [0.4, 0.5) is 10.1 Å². The van der Waals surface area contributed by atoms with Crippen LogP contribution >= 0.6 is 0 Å². The molecule has 39 heavy (non-hydrogen) atoms. The Hall–Kier alpha value is -3.72. The lowest BCUT2D eigenvalue weighted by atomic mass is 10.1. The first kappa shape index (κ1) is 29.8. The van der Waals surface area contributed by atoms with Crippen molar-refractivity contribution in [2.24, 2.45) is 0 Å².